The van der Waals surface area contributed by atoms with Crippen molar-refractivity contribution in [3.8, 4) is 11.5 Å². The second-order valence-electron chi connectivity index (χ2n) is 6.95. The number of thiocarbonyl (C=S) groups is 1. The number of nitrogens with zero attached hydrogens (tertiary/aromatic N) is 1. The number of hydrogen-bond acceptors (Lipinski definition) is 6. The first-order valence-electron chi connectivity index (χ1n) is 10.2. The summed E-state index contributed by atoms with van der Waals surface area (Å²) in [6, 6.07) is 22.4. The van der Waals surface area contributed by atoms with Crippen molar-refractivity contribution in [3.05, 3.63) is 95.1 Å². The van der Waals surface area contributed by atoms with Crippen LogP contribution in [0.25, 0.3) is 0 Å². The van der Waals surface area contributed by atoms with Crippen molar-refractivity contribution in [2.75, 3.05) is 14.2 Å². The van der Waals surface area contributed by atoms with E-state index in [0.717, 1.165) is 28.2 Å². The smallest absolute Gasteiger partial charge is 0.337 e. The van der Waals surface area contributed by atoms with Crippen LogP contribution < -0.4 is 20.2 Å². The first kappa shape index (κ1) is 23.7. The second-order valence-corrected chi connectivity index (χ2v) is 7.36. The van der Waals surface area contributed by atoms with E-state index in [4.69, 9.17) is 26.4 Å². The van der Waals surface area contributed by atoms with Gasteiger partial charge in [0.05, 0.1) is 26.0 Å². The largest absolute Gasteiger partial charge is 0.497 e. The molecule has 3 aromatic carbocycles. The van der Waals surface area contributed by atoms with Crippen LogP contribution in [0, 0.1) is 0 Å². The molecule has 7 nitrogen and oxygen atoms in total. The highest BCUT2D eigenvalue weighted by Crippen LogP contribution is 2.14. The van der Waals surface area contributed by atoms with Crippen molar-refractivity contribution in [3.63, 3.8) is 0 Å². The van der Waals surface area contributed by atoms with Crippen molar-refractivity contribution in [1.29, 1.82) is 0 Å². The molecular formula is C25H25N3O4S. The molecule has 0 spiro atoms. The summed E-state index contributed by atoms with van der Waals surface area (Å²) in [6.45, 7) is 0.980. The van der Waals surface area contributed by atoms with Crippen LogP contribution in [0.15, 0.2) is 77.9 Å². The van der Waals surface area contributed by atoms with E-state index in [1.165, 1.54) is 7.11 Å². The molecule has 0 radical (unpaired) electrons. The predicted octanol–water partition coefficient (Wildman–Crippen LogP) is 4.06. The maximum atomic E-state index is 11.5. The molecule has 0 unspecified atom stereocenters. The van der Waals surface area contributed by atoms with Gasteiger partial charge in [0.25, 0.3) is 0 Å². The Balaban J connectivity index is 1.41. The Hall–Kier alpha value is -3.91. The second kappa shape index (κ2) is 12.2. The number of benzene rings is 3. The fourth-order valence-corrected chi connectivity index (χ4v) is 2.93. The highest BCUT2D eigenvalue weighted by molar-refractivity contribution is 7.80. The minimum atomic E-state index is -0.358. The zero-order valence-electron chi connectivity index (χ0n) is 18.4. The third-order valence-corrected chi connectivity index (χ3v) is 4.89. The average Bonchev–Trinajstić information content (AvgIpc) is 2.87. The van der Waals surface area contributed by atoms with E-state index in [0.29, 0.717) is 23.8 Å². The first-order valence-corrected chi connectivity index (χ1v) is 10.6. The fourth-order valence-electron chi connectivity index (χ4n) is 2.80. The van der Waals surface area contributed by atoms with Crippen molar-refractivity contribution < 1.29 is 19.0 Å². The van der Waals surface area contributed by atoms with Gasteiger partial charge in [0.2, 0.25) is 0 Å². The van der Waals surface area contributed by atoms with Crippen LogP contribution in [0.2, 0.25) is 0 Å². The summed E-state index contributed by atoms with van der Waals surface area (Å²) in [4.78, 5) is 11.5. The van der Waals surface area contributed by atoms with Crippen LogP contribution in [0.4, 0.5) is 0 Å². The van der Waals surface area contributed by atoms with Crippen LogP contribution >= 0.6 is 12.2 Å². The average molecular weight is 464 g/mol. The van der Waals surface area contributed by atoms with Gasteiger partial charge in [-0.3, -0.25) is 5.43 Å². The Morgan fingerprint density at radius 1 is 0.909 bits per heavy atom. The summed E-state index contributed by atoms with van der Waals surface area (Å²) >= 11 is 5.24. The molecule has 0 aliphatic heterocycles. The number of carbonyl (C=O) groups is 1. The molecule has 0 aromatic heterocycles. The Kier molecular flexibility index (Phi) is 8.79. The van der Waals surface area contributed by atoms with Gasteiger partial charge in [-0.1, -0.05) is 24.3 Å². The van der Waals surface area contributed by atoms with E-state index in [1.54, 1.807) is 25.5 Å². The lowest BCUT2D eigenvalue weighted by Crippen LogP contribution is -2.31. The quantitative estimate of drug-likeness (QED) is 0.214. The third-order valence-electron chi connectivity index (χ3n) is 4.65. The molecule has 0 saturated carbocycles. The summed E-state index contributed by atoms with van der Waals surface area (Å²) in [5.74, 6) is 1.19. The number of rotatable bonds is 9. The molecule has 0 atom stereocenters. The van der Waals surface area contributed by atoms with Crippen LogP contribution in [-0.4, -0.2) is 31.5 Å². The van der Waals surface area contributed by atoms with Gasteiger partial charge in [0.1, 0.15) is 18.1 Å². The van der Waals surface area contributed by atoms with Gasteiger partial charge in [-0.2, -0.15) is 5.10 Å². The van der Waals surface area contributed by atoms with Gasteiger partial charge >= 0.3 is 5.97 Å². The monoisotopic (exact) mass is 463 g/mol. The summed E-state index contributed by atoms with van der Waals surface area (Å²) < 4.78 is 15.6. The molecule has 0 aliphatic rings. The Labute approximate surface area is 198 Å². The maximum absolute atomic E-state index is 11.5. The van der Waals surface area contributed by atoms with E-state index in [-0.39, 0.29) is 5.97 Å². The van der Waals surface area contributed by atoms with Crippen molar-refractivity contribution in [1.82, 2.24) is 10.7 Å². The van der Waals surface area contributed by atoms with Crippen LogP contribution in [0.1, 0.15) is 27.0 Å². The highest BCUT2D eigenvalue weighted by atomic mass is 32.1. The normalized spacial score (nSPS) is 10.5. The molecule has 33 heavy (non-hydrogen) atoms. The van der Waals surface area contributed by atoms with Gasteiger partial charge in [0, 0.05) is 6.54 Å². The van der Waals surface area contributed by atoms with Gasteiger partial charge in [-0.15, -0.1) is 0 Å². The molecule has 0 amide bonds. The molecule has 0 bridgehead atoms. The van der Waals surface area contributed by atoms with E-state index in [1.807, 2.05) is 60.7 Å². The van der Waals surface area contributed by atoms with Gasteiger partial charge in [-0.05, 0) is 77.4 Å². The molecule has 3 rings (SSSR count). The first-order chi connectivity index (χ1) is 16.1. The molecular weight excluding hydrogens is 438 g/mol. The maximum Gasteiger partial charge on any atom is 0.337 e. The van der Waals surface area contributed by atoms with Crippen LogP contribution in [-0.2, 0) is 17.9 Å². The SMILES string of the molecule is COC(=O)c1ccc(COc2ccc(C=NNC(=S)NCc3ccc(OC)cc3)cc2)cc1. The van der Waals surface area contributed by atoms with Gasteiger partial charge in [-0.25, -0.2) is 4.79 Å². The molecule has 2 N–H and O–H groups in total. The summed E-state index contributed by atoms with van der Waals surface area (Å²) in [6.07, 6.45) is 1.68. The number of methoxy groups -OCH3 is 2. The van der Waals surface area contributed by atoms with Crippen molar-refractivity contribution in [2.45, 2.75) is 13.2 Å². The number of carbonyl (C=O) groups excluding carboxylic acids is 1. The number of nitrogens with one attached hydrogen (secondary N) is 2. The topological polar surface area (TPSA) is 81.2 Å². The minimum absolute atomic E-state index is 0.358. The molecule has 8 heteroatoms. The van der Waals surface area contributed by atoms with E-state index < -0.39 is 0 Å². The molecule has 0 fully saturated rings. The fraction of sp³-hybridized carbons (Fsp3) is 0.160. The van der Waals surface area contributed by atoms with Crippen LogP contribution in [0.5, 0.6) is 11.5 Å². The lowest BCUT2D eigenvalue weighted by molar-refractivity contribution is 0.0600. The van der Waals surface area contributed by atoms with Gasteiger partial charge in [0.15, 0.2) is 5.11 Å². The predicted molar refractivity (Wildman–Crippen MR) is 132 cm³/mol. The Bertz CT molecular complexity index is 1080. The summed E-state index contributed by atoms with van der Waals surface area (Å²) in [5, 5.41) is 7.68. The standard InChI is InChI=1S/C25H25N3O4S/c1-30-22-11-5-18(6-12-22)15-26-25(33)28-27-16-19-7-13-23(14-8-19)32-17-20-3-9-21(10-4-20)24(29)31-2/h3-14,16H,15,17H2,1-2H3,(H2,26,28,33). The lowest BCUT2D eigenvalue weighted by atomic mass is 10.1. The zero-order chi connectivity index (χ0) is 23.5. The molecule has 0 aliphatic carbocycles. The number of hydrogen-bond donors (Lipinski definition) is 2. The number of ether oxygens (including phenoxy) is 3. The van der Waals surface area contributed by atoms with Crippen molar-refractivity contribution in [2.24, 2.45) is 5.10 Å². The molecule has 3 aromatic rings. The van der Waals surface area contributed by atoms with Crippen LogP contribution in [0.3, 0.4) is 0 Å². The lowest BCUT2D eigenvalue weighted by Gasteiger charge is -2.08. The summed E-state index contributed by atoms with van der Waals surface area (Å²) in [7, 11) is 3.00. The Morgan fingerprint density at radius 2 is 1.55 bits per heavy atom. The Morgan fingerprint density at radius 3 is 2.18 bits per heavy atom. The van der Waals surface area contributed by atoms with E-state index in [9.17, 15) is 4.79 Å². The number of hydrazone groups is 1. The molecule has 170 valence electrons. The van der Waals surface area contributed by atoms with E-state index >= 15 is 0 Å². The minimum Gasteiger partial charge on any atom is -0.497 e. The van der Waals surface area contributed by atoms with Gasteiger partial charge < -0.3 is 19.5 Å². The summed E-state index contributed by atoms with van der Waals surface area (Å²) in [5.41, 5.74) is 6.24. The third kappa shape index (κ3) is 7.62. The van der Waals surface area contributed by atoms with Crippen molar-refractivity contribution >= 4 is 29.5 Å². The zero-order valence-corrected chi connectivity index (χ0v) is 19.2. The molecule has 0 saturated heterocycles. The van der Waals surface area contributed by atoms with E-state index in [2.05, 4.69) is 15.8 Å². The highest BCUT2D eigenvalue weighted by Gasteiger charge is 2.04. The molecule has 0 heterocycles. The number of esters is 1.